The summed E-state index contributed by atoms with van der Waals surface area (Å²) in [5.41, 5.74) is 2.55. The lowest BCUT2D eigenvalue weighted by molar-refractivity contribution is -0.133. The van der Waals surface area contributed by atoms with Crippen LogP contribution in [0.4, 0.5) is 0 Å². The number of likely N-dealkylation sites (tertiary alicyclic amines) is 1. The van der Waals surface area contributed by atoms with Crippen LogP contribution in [0.15, 0.2) is 29.4 Å². The summed E-state index contributed by atoms with van der Waals surface area (Å²) >= 11 is 0. The first-order chi connectivity index (χ1) is 15.3. The molecule has 1 N–H and O–H groups in total. The van der Waals surface area contributed by atoms with Crippen molar-refractivity contribution in [2.45, 2.75) is 58.2 Å². The van der Waals surface area contributed by atoms with Gasteiger partial charge in [0.25, 0.3) is 5.91 Å². The van der Waals surface area contributed by atoms with Crippen molar-refractivity contribution in [2.75, 3.05) is 24.6 Å². The van der Waals surface area contributed by atoms with Gasteiger partial charge in [0.15, 0.2) is 9.84 Å². The van der Waals surface area contributed by atoms with Crippen LogP contribution in [0.1, 0.15) is 50.2 Å². The minimum Gasteiger partial charge on any atom is -0.347 e. The number of nitrogens with zero attached hydrogens (tertiary/aromatic N) is 3. The van der Waals surface area contributed by atoms with Crippen LogP contribution < -0.4 is 5.32 Å². The fourth-order valence-electron chi connectivity index (χ4n) is 4.51. The second kappa shape index (κ2) is 9.70. The number of amides is 2. The Labute approximate surface area is 190 Å². The molecule has 0 bridgehead atoms. The number of hydrazone groups is 1. The Bertz CT molecular complexity index is 982. The molecule has 174 valence electrons. The lowest BCUT2D eigenvalue weighted by Crippen LogP contribution is -2.43. The highest BCUT2D eigenvalue weighted by Crippen LogP contribution is 2.22. The van der Waals surface area contributed by atoms with Gasteiger partial charge in [-0.3, -0.25) is 14.5 Å². The lowest BCUT2D eigenvalue weighted by atomic mass is 9.99. The molecule has 0 aliphatic carbocycles. The van der Waals surface area contributed by atoms with E-state index in [0.717, 1.165) is 31.1 Å². The van der Waals surface area contributed by atoms with Crippen molar-refractivity contribution >= 4 is 27.4 Å². The molecule has 3 aliphatic rings. The Kier molecular flexibility index (Phi) is 6.95. The summed E-state index contributed by atoms with van der Waals surface area (Å²) in [5.74, 6) is 0.269. The van der Waals surface area contributed by atoms with Gasteiger partial charge >= 0.3 is 0 Å². The van der Waals surface area contributed by atoms with Gasteiger partial charge in [-0.25, -0.2) is 13.4 Å². The Hall–Kier alpha value is -2.26. The fourth-order valence-corrected chi connectivity index (χ4v) is 6.21. The number of benzene rings is 1. The fraction of sp³-hybridized carbons (Fsp3) is 0.609. The average Bonchev–Trinajstić information content (AvgIpc) is 3.14. The van der Waals surface area contributed by atoms with Gasteiger partial charge in [-0.1, -0.05) is 31.2 Å². The van der Waals surface area contributed by atoms with E-state index in [9.17, 15) is 18.0 Å². The van der Waals surface area contributed by atoms with Gasteiger partial charge in [0.05, 0.1) is 17.5 Å². The highest BCUT2D eigenvalue weighted by atomic mass is 32.2. The van der Waals surface area contributed by atoms with E-state index in [2.05, 4.69) is 34.4 Å². The molecule has 9 heteroatoms. The second-order valence-electron chi connectivity index (χ2n) is 9.30. The molecule has 2 amide bonds. The monoisotopic (exact) mass is 460 g/mol. The number of sulfone groups is 1. The molecular formula is C23H32N4O4S. The Morgan fingerprint density at radius 1 is 1.09 bits per heavy atom. The zero-order valence-corrected chi connectivity index (χ0v) is 19.4. The number of carbonyl (C=O) groups is 2. The molecule has 32 heavy (non-hydrogen) atoms. The maximum atomic E-state index is 12.6. The van der Waals surface area contributed by atoms with E-state index in [4.69, 9.17) is 0 Å². The lowest BCUT2D eigenvalue weighted by Gasteiger charge is -2.30. The quantitative estimate of drug-likeness (QED) is 0.697. The van der Waals surface area contributed by atoms with Crippen LogP contribution in [0.2, 0.25) is 0 Å². The topological polar surface area (TPSA) is 99.2 Å². The van der Waals surface area contributed by atoms with Crippen molar-refractivity contribution in [2.24, 2.45) is 11.0 Å². The van der Waals surface area contributed by atoms with Gasteiger partial charge in [0.1, 0.15) is 5.71 Å². The van der Waals surface area contributed by atoms with Crippen molar-refractivity contribution in [3.05, 3.63) is 35.4 Å². The molecule has 0 aromatic heterocycles. The highest BCUT2D eigenvalue weighted by Gasteiger charge is 2.37. The van der Waals surface area contributed by atoms with Gasteiger partial charge in [0.2, 0.25) is 5.91 Å². The summed E-state index contributed by atoms with van der Waals surface area (Å²) < 4.78 is 23.5. The van der Waals surface area contributed by atoms with Crippen LogP contribution in [0, 0.1) is 5.92 Å². The van der Waals surface area contributed by atoms with E-state index in [1.807, 2.05) is 12.1 Å². The molecule has 1 aromatic rings. The van der Waals surface area contributed by atoms with E-state index >= 15 is 0 Å². The minimum atomic E-state index is -3.13. The summed E-state index contributed by atoms with van der Waals surface area (Å²) in [4.78, 5) is 27.3. The first kappa shape index (κ1) is 22.9. The maximum Gasteiger partial charge on any atom is 0.267 e. The predicted octanol–water partition coefficient (Wildman–Crippen LogP) is 1.70. The zero-order chi connectivity index (χ0) is 22.7. The second-order valence-corrected chi connectivity index (χ2v) is 11.5. The molecule has 2 saturated heterocycles. The summed E-state index contributed by atoms with van der Waals surface area (Å²) in [5, 5.41) is 8.33. The van der Waals surface area contributed by atoms with Crippen LogP contribution in [0.5, 0.6) is 0 Å². The summed E-state index contributed by atoms with van der Waals surface area (Å²) in [6.45, 7) is 5.94. The molecule has 3 heterocycles. The number of nitrogens with one attached hydrogen (secondary N) is 1. The maximum absolute atomic E-state index is 12.6. The van der Waals surface area contributed by atoms with Crippen molar-refractivity contribution in [3.63, 3.8) is 0 Å². The van der Waals surface area contributed by atoms with Crippen LogP contribution >= 0.6 is 0 Å². The molecular weight excluding hydrogens is 428 g/mol. The SMILES string of the molecule is CC1CCN(Cc2ccc(CNC(=O)C3=NN(C4CCS(=O)(=O)C4)C(=O)CC3)cc2)CC1. The van der Waals surface area contributed by atoms with Crippen LogP contribution in [0.3, 0.4) is 0 Å². The first-order valence-corrected chi connectivity index (χ1v) is 13.3. The number of rotatable bonds is 6. The van der Waals surface area contributed by atoms with Crippen molar-refractivity contribution in [1.82, 2.24) is 15.2 Å². The van der Waals surface area contributed by atoms with Crippen LogP contribution in [0.25, 0.3) is 0 Å². The van der Waals surface area contributed by atoms with E-state index in [-0.39, 0.29) is 41.9 Å². The van der Waals surface area contributed by atoms with Gasteiger partial charge in [-0.2, -0.15) is 5.10 Å². The number of hydrogen-bond donors (Lipinski definition) is 1. The van der Waals surface area contributed by atoms with Crippen molar-refractivity contribution in [1.29, 1.82) is 0 Å². The molecule has 1 atom stereocenters. The third kappa shape index (κ3) is 5.75. The van der Waals surface area contributed by atoms with Gasteiger partial charge < -0.3 is 5.32 Å². The standard InChI is InChI=1S/C23H32N4O4S/c1-17-8-11-26(12-9-17)15-19-4-2-18(3-5-19)14-24-23(29)21-6-7-22(28)27(25-21)20-10-13-32(30,31)16-20/h2-5,17,20H,6-16H2,1H3,(H,24,29). The van der Waals surface area contributed by atoms with Gasteiger partial charge in [-0.05, 0) is 49.4 Å². The predicted molar refractivity (Wildman–Crippen MR) is 123 cm³/mol. The smallest absolute Gasteiger partial charge is 0.267 e. The third-order valence-electron chi connectivity index (χ3n) is 6.63. The Morgan fingerprint density at radius 2 is 1.78 bits per heavy atom. The Balaban J connectivity index is 1.30. The van der Waals surface area contributed by atoms with Gasteiger partial charge in [-0.15, -0.1) is 0 Å². The van der Waals surface area contributed by atoms with Crippen LogP contribution in [-0.2, 0) is 32.5 Å². The minimum absolute atomic E-state index is 0.0609. The Morgan fingerprint density at radius 3 is 2.44 bits per heavy atom. The normalized spacial score (nSPS) is 24.4. The van der Waals surface area contributed by atoms with Crippen molar-refractivity contribution in [3.8, 4) is 0 Å². The number of carbonyl (C=O) groups excluding carboxylic acids is 2. The molecule has 2 fully saturated rings. The van der Waals surface area contributed by atoms with Crippen molar-refractivity contribution < 1.29 is 18.0 Å². The van der Waals surface area contributed by atoms with Crippen LogP contribution in [-0.4, -0.2) is 66.5 Å². The van der Waals surface area contributed by atoms with E-state index in [1.54, 1.807) is 0 Å². The van der Waals surface area contributed by atoms with E-state index < -0.39 is 15.9 Å². The number of piperidine rings is 1. The summed E-state index contributed by atoms with van der Waals surface area (Å²) in [7, 11) is -3.13. The summed E-state index contributed by atoms with van der Waals surface area (Å²) in [6.07, 6.45) is 3.33. The first-order valence-electron chi connectivity index (χ1n) is 11.5. The third-order valence-corrected chi connectivity index (χ3v) is 8.38. The summed E-state index contributed by atoms with van der Waals surface area (Å²) in [6, 6.07) is 7.82. The zero-order valence-electron chi connectivity index (χ0n) is 18.6. The van der Waals surface area contributed by atoms with Gasteiger partial charge in [0, 0.05) is 25.9 Å². The molecule has 4 rings (SSSR count). The molecule has 0 saturated carbocycles. The highest BCUT2D eigenvalue weighted by molar-refractivity contribution is 7.91. The largest absolute Gasteiger partial charge is 0.347 e. The van der Waals surface area contributed by atoms with E-state index in [1.165, 1.54) is 23.4 Å². The molecule has 1 aromatic carbocycles. The molecule has 8 nitrogen and oxygen atoms in total. The number of hydrogen-bond acceptors (Lipinski definition) is 6. The molecule has 0 radical (unpaired) electrons. The molecule has 0 spiro atoms. The molecule has 3 aliphatic heterocycles. The molecule has 1 unspecified atom stereocenters. The average molecular weight is 461 g/mol. The van der Waals surface area contributed by atoms with E-state index in [0.29, 0.717) is 13.0 Å².